The van der Waals surface area contributed by atoms with Crippen molar-refractivity contribution in [3.8, 4) is 12.3 Å². The Balaban J connectivity index is 2.10. The van der Waals surface area contributed by atoms with Crippen molar-refractivity contribution in [3.63, 3.8) is 0 Å². The molecular weight excluding hydrogens is 320 g/mol. The molecule has 2 saturated heterocycles. The normalized spacial score (nSPS) is 41.3. The minimum absolute atomic E-state index is 0.0779. The van der Waals surface area contributed by atoms with Crippen LogP contribution >= 0.6 is 15.9 Å². The number of alkyl halides is 1. The van der Waals surface area contributed by atoms with Crippen LogP contribution in [0.4, 0.5) is 0 Å². The minimum Gasteiger partial charge on any atom is -0.379 e. The lowest BCUT2D eigenvalue weighted by Gasteiger charge is -2.31. The van der Waals surface area contributed by atoms with E-state index in [9.17, 15) is 0 Å². The van der Waals surface area contributed by atoms with Crippen LogP contribution in [0.2, 0.25) is 0 Å². The molecule has 0 aliphatic carbocycles. The fourth-order valence-corrected chi connectivity index (χ4v) is 3.91. The molecular formula is C16H23BrO3. The van der Waals surface area contributed by atoms with Gasteiger partial charge in [-0.05, 0) is 25.3 Å². The zero-order valence-corrected chi connectivity index (χ0v) is 13.7. The quantitative estimate of drug-likeness (QED) is 0.580. The van der Waals surface area contributed by atoms with E-state index in [-0.39, 0.29) is 30.5 Å². The lowest BCUT2D eigenvalue weighted by atomic mass is 9.97. The van der Waals surface area contributed by atoms with Gasteiger partial charge in [0.2, 0.25) is 0 Å². The third-order valence-corrected chi connectivity index (χ3v) is 5.11. The van der Waals surface area contributed by atoms with Gasteiger partial charge in [-0.3, -0.25) is 0 Å². The maximum absolute atomic E-state index is 6.27. The summed E-state index contributed by atoms with van der Waals surface area (Å²) >= 11 is 3.75. The van der Waals surface area contributed by atoms with Crippen LogP contribution in [0, 0.1) is 12.3 Å². The van der Waals surface area contributed by atoms with E-state index < -0.39 is 0 Å². The van der Waals surface area contributed by atoms with Gasteiger partial charge in [-0.25, -0.2) is 0 Å². The Bertz CT molecular complexity index is 376. The van der Waals surface area contributed by atoms with Gasteiger partial charge in [0.15, 0.2) is 0 Å². The van der Waals surface area contributed by atoms with Gasteiger partial charge in [-0.15, -0.1) is 6.42 Å². The van der Waals surface area contributed by atoms with Crippen LogP contribution in [0.1, 0.15) is 32.6 Å². The first-order valence-corrected chi connectivity index (χ1v) is 8.20. The number of fused-ring (bicyclic) bond motifs is 2. The third kappa shape index (κ3) is 3.65. The first-order valence-electron chi connectivity index (χ1n) is 7.28. The second-order valence-corrected chi connectivity index (χ2v) is 6.58. The number of terminal acetylenes is 1. The minimum atomic E-state index is 0.0779. The zero-order chi connectivity index (χ0) is 14.5. The number of rotatable bonds is 4. The van der Waals surface area contributed by atoms with Gasteiger partial charge in [0.1, 0.15) is 0 Å². The summed E-state index contributed by atoms with van der Waals surface area (Å²) in [6, 6.07) is 0. The number of allylic oxidation sites excluding steroid dienone is 1. The maximum Gasteiger partial charge on any atom is 0.0877 e. The molecule has 2 fully saturated rings. The Hall–Kier alpha value is -0.340. The molecule has 4 heteroatoms. The highest BCUT2D eigenvalue weighted by atomic mass is 79.9. The van der Waals surface area contributed by atoms with Gasteiger partial charge in [0.05, 0.1) is 30.5 Å². The highest BCUT2D eigenvalue weighted by molar-refractivity contribution is 9.09. The van der Waals surface area contributed by atoms with Crippen molar-refractivity contribution in [2.24, 2.45) is 0 Å². The van der Waals surface area contributed by atoms with E-state index in [4.69, 9.17) is 20.6 Å². The fraction of sp³-hybridized carbons (Fsp3) is 0.750. The maximum atomic E-state index is 6.27. The van der Waals surface area contributed by atoms with Crippen molar-refractivity contribution < 1.29 is 14.2 Å². The summed E-state index contributed by atoms with van der Waals surface area (Å²) < 4.78 is 18.0. The smallest absolute Gasteiger partial charge is 0.0877 e. The third-order valence-electron chi connectivity index (χ3n) is 4.14. The molecule has 0 amide bonds. The number of ether oxygens (including phenoxy) is 3. The number of hydrogen-bond donors (Lipinski definition) is 0. The van der Waals surface area contributed by atoms with Gasteiger partial charge in [-0.1, -0.05) is 34.9 Å². The molecule has 0 spiro atoms. The standard InChI is InChI=1S/C16H23BrO3/c1-4-6-7-8-13-15-10-16(20-13)14(18-3)9-11(17)12(5-2)19-15/h1,6-7,11-16H,5,8-10H2,2-3H3/b7-6+/t11-,12+,13-,14-,15-,16-/m0/s1. The van der Waals surface area contributed by atoms with Crippen LogP contribution in [-0.2, 0) is 14.2 Å². The van der Waals surface area contributed by atoms with E-state index in [0.717, 1.165) is 25.7 Å². The molecule has 112 valence electrons. The Morgan fingerprint density at radius 1 is 1.30 bits per heavy atom. The molecule has 0 aromatic heterocycles. The van der Waals surface area contributed by atoms with E-state index in [0.29, 0.717) is 4.83 Å². The Labute approximate surface area is 130 Å². The Morgan fingerprint density at radius 3 is 2.70 bits per heavy atom. The molecule has 2 aliphatic rings. The van der Waals surface area contributed by atoms with Crippen LogP contribution in [-0.4, -0.2) is 42.5 Å². The topological polar surface area (TPSA) is 27.7 Å². The van der Waals surface area contributed by atoms with Crippen LogP contribution in [0.3, 0.4) is 0 Å². The molecule has 2 rings (SSSR count). The molecule has 0 aromatic carbocycles. The molecule has 2 bridgehead atoms. The highest BCUT2D eigenvalue weighted by Gasteiger charge is 2.44. The summed E-state index contributed by atoms with van der Waals surface area (Å²) in [6.07, 6.45) is 13.2. The molecule has 2 heterocycles. The summed E-state index contributed by atoms with van der Waals surface area (Å²) in [6.45, 7) is 2.16. The molecule has 2 aliphatic heterocycles. The molecule has 0 saturated carbocycles. The zero-order valence-electron chi connectivity index (χ0n) is 12.1. The van der Waals surface area contributed by atoms with E-state index >= 15 is 0 Å². The van der Waals surface area contributed by atoms with Gasteiger partial charge in [-0.2, -0.15) is 0 Å². The second-order valence-electron chi connectivity index (χ2n) is 5.40. The summed E-state index contributed by atoms with van der Waals surface area (Å²) in [5.74, 6) is 2.51. The van der Waals surface area contributed by atoms with Crippen molar-refractivity contribution in [2.45, 2.75) is 68.0 Å². The van der Waals surface area contributed by atoms with E-state index in [1.807, 2.05) is 6.08 Å². The van der Waals surface area contributed by atoms with Crippen molar-refractivity contribution in [1.82, 2.24) is 0 Å². The van der Waals surface area contributed by atoms with E-state index in [1.165, 1.54) is 0 Å². The predicted molar refractivity (Wildman–Crippen MR) is 82.9 cm³/mol. The molecule has 3 nitrogen and oxygen atoms in total. The molecule has 0 unspecified atom stereocenters. The van der Waals surface area contributed by atoms with Gasteiger partial charge in [0.25, 0.3) is 0 Å². The van der Waals surface area contributed by atoms with Crippen molar-refractivity contribution >= 4 is 15.9 Å². The first-order chi connectivity index (χ1) is 9.69. The number of hydrogen-bond acceptors (Lipinski definition) is 3. The predicted octanol–water partition coefficient (Wildman–Crippen LogP) is 3.07. The van der Waals surface area contributed by atoms with Crippen molar-refractivity contribution in [3.05, 3.63) is 12.2 Å². The summed E-state index contributed by atoms with van der Waals surface area (Å²) in [5.41, 5.74) is 0. The number of methoxy groups -OCH3 is 1. The average Bonchev–Trinajstić information content (AvgIpc) is 2.85. The first kappa shape index (κ1) is 16.0. The molecule has 0 radical (unpaired) electrons. The highest BCUT2D eigenvalue weighted by Crippen LogP contribution is 2.36. The Kier molecular flexibility index (Phi) is 6.10. The van der Waals surface area contributed by atoms with Crippen molar-refractivity contribution in [1.29, 1.82) is 0 Å². The van der Waals surface area contributed by atoms with Gasteiger partial charge >= 0.3 is 0 Å². The van der Waals surface area contributed by atoms with Crippen LogP contribution < -0.4 is 0 Å². The van der Waals surface area contributed by atoms with E-state index in [1.54, 1.807) is 13.2 Å². The van der Waals surface area contributed by atoms with Crippen molar-refractivity contribution in [2.75, 3.05) is 7.11 Å². The summed E-state index contributed by atoms with van der Waals surface area (Å²) in [5, 5.41) is 0. The van der Waals surface area contributed by atoms with Gasteiger partial charge in [0, 0.05) is 18.4 Å². The van der Waals surface area contributed by atoms with Crippen LogP contribution in [0.5, 0.6) is 0 Å². The van der Waals surface area contributed by atoms with E-state index in [2.05, 4.69) is 28.8 Å². The summed E-state index contributed by atoms with van der Waals surface area (Å²) in [4.78, 5) is 0.311. The average molecular weight is 343 g/mol. The fourth-order valence-electron chi connectivity index (χ4n) is 3.04. The monoisotopic (exact) mass is 342 g/mol. The molecule has 0 aromatic rings. The lowest BCUT2D eigenvalue weighted by Crippen LogP contribution is -2.39. The van der Waals surface area contributed by atoms with Gasteiger partial charge < -0.3 is 14.2 Å². The molecule has 6 atom stereocenters. The van der Waals surface area contributed by atoms with Crippen LogP contribution in [0.25, 0.3) is 0 Å². The largest absolute Gasteiger partial charge is 0.379 e. The number of halogens is 1. The second kappa shape index (κ2) is 7.61. The SMILES string of the molecule is C#C/C=C/C[C@@H]1O[C@H]2C[C@@H]1O[C@H](CC)[C@@H](Br)C[C@@H]2OC. The molecule has 0 N–H and O–H groups in total. The van der Waals surface area contributed by atoms with Crippen LogP contribution in [0.15, 0.2) is 12.2 Å². The molecule has 20 heavy (non-hydrogen) atoms. The lowest BCUT2D eigenvalue weighted by molar-refractivity contribution is -0.0587. The Morgan fingerprint density at radius 2 is 2.05 bits per heavy atom. The summed E-state index contributed by atoms with van der Waals surface area (Å²) in [7, 11) is 1.76.